The van der Waals surface area contributed by atoms with Crippen LogP contribution in [0.15, 0.2) is 88.6 Å². The second-order valence-corrected chi connectivity index (χ2v) is 12.1. The van der Waals surface area contributed by atoms with E-state index in [9.17, 15) is 22.4 Å². The third-order valence-electron chi connectivity index (χ3n) is 6.62. The number of nitrogens with zero attached hydrogens (tertiary/aromatic N) is 3. The molecule has 1 atom stereocenters. The van der Waals surface area contributed by atoms with E-state index in [1.54, 1.807) is 18.2 Å². The van der Waals surface area contributed by atoms with E-state index in [1.807, 2.05) is 0 Å². The van der Waals surface area contributed by atoms with Gasteiger partial charge in [0.1, 0.15) is 28.8 Å². The Kier molecular flexibility index (Phi) is 9.11. The van der Waals surface area contributed by atoms with Crippen molar-refractivity contribution in [3.63, 3.8) is 0 Å². The molecule has 2 N–H and O–H groups in total. The summed E-state index contributed by atoms with van der Waals surface area (Å²) in [6, 6.07) is 11.3. The zero-order chi connectivity index (χ0) is 32.3. The minimum Gasteiger partial charge on any atom is -0.467 e. The standard InChI is InChI=1S/C30H21BrF3N5O5S/c1-44-30(41)24(12-18-4-7-21(31)28-27(18)36-10-11-37-28)38-29(40)26-22(32)14-19(15-23(26)33)39-45(42,43)20-5-2-16(3-6-20)17-8-9-35-25(34)13-17/h2-11,13-15,24,39H,12H2,1H3,(H,38,40)/t24-/m0/s1. The van der Waals surface area contributed by atoms with Gasteiger partial charge in [-0.25, -0.2) is 27.0 Å². The van der Waals surface area contributed by atoms with Gasteiger partial charge >= 0.3 is 5.97 Å². The molecule has 0 radical (unpaired) electrons. The van der Waals surface area contributed by atoms with Gasteiger partial charge in [0.15, 0.2) is 0 Å². The average molecular weight is 700 g/mol. The molecule has 2 heterocycles. The molecule has 0 spiro atoms. The lowest BCUT2D eigenvalue weighted by Crippen LogP contribution is -2.43. The topological polar surface area (TPSA) is 140 Å². The van der Waals surface area contributed by atoms with Crippen LogP contribution in [0.2, 0.25) is 0 Å². The molecule has 3 aromatic carbocycles. The molecule has 0 fully saturated rings. The molecule has 15 heteroatoms. The van der Waals surface area contributed by atoms with Crippen molar-refractivity contribution in [2.24, 2.45) is 0 Å². The monoisotopic (exact) mass is 699 g/mol. The van der Waals surface area contributed by atoms with Gasteiger partial charge in [0, 0.05) is 35.6 Å². The van der Waals surface area contributed by atoms with E-state index in [1.165, 1.54) is 48.9 Å². The van der Waals surface area contributed by atoms with Gasteiger partial charge in [-0.15, -0.1) is 0 Å². The number of benzene rings is 3. The van der Waals surface area contributed by atoms with Crippen molar-refractivity contribution in [1.29, 1.82) is 0 Å². The molecule has 0 aliphatic rings. The van der Waals surface area contributed by atoms with Gasteiger partial charge in [-0.05, 0) is 69.0 Å². The first kappa shape index (κ1) is 31.5. The summed E-state index contributed by atoms with van der Waals surface area (Å²) in [6.07, 6.45) is 4.05. The number of carbonyl (C=O) groups is 2. The summed E-state index contributed by atoms with van der Waals surface area (Å²) in [6.45, 7) is 0. The third-order valence-corrected chi connectivity index (χ3v) is 8.66. The molecule has 0 bridgehead atoms. The fourth-order valence-electron chi connectivity index (χ4n) is 4.50. The second-order valence-electron chi connectivity index (χ2n) is 9.53. The first-order chi connectivity index (χ1) is 21.5. The summed E-state index contributed by atoms with van der Waals surface area (Å²) in [5, 5.41) is 2.29. The minimum absolute atomic E-state index is 0.142. The molecular weight excluding hydrogens is 679 g/mol. The van der Waals surface area contributed by atoms with Crippen LogP contribution in [0.1, 0.15) is 15.9 Å². The average Bonchev–Trinajstić information content (AvgIpc) is 3.01. The number of carbonyl (C=O) groups excluding carboxylic acids is 2. The number of methoxy groups -OCH3 is 1. The second kappa shape index (κ2) is 13.0. The number of anilines is 1. The van der Waals surface area contributed by atoms with Crippen molar-refractivity contribution in [1.82, 2.24) is 20.3 Å². The van der Waals surface area contributed by atoms with Crippen LogP contribution in [0.25, 0.3) is 22.2 Å². The summed E-state index contributed by atoms with van der Waals surface area (Å²) >= 11 is 3.37. The van der Waals surface area contributed by atoms with Crippen LogP contribution >= 0.6 is 15.9 Å². The Morgan fingerprint density at radius 1 is 0.867 bits per heavy atom. The number of hydrogen-bond acceptors (Lipinski definition) is 8. The predicted molar refractivity (Wildman–Crippen MR) is 161 cm³/mol. The van der Waals surface area contributed by atoms with Crippen molar-refractivity contribution in [3.8, 4) is 11.1 Å². The molecule has 1 amide bonds. The van der Waals surface area contributed by atoms with Gasteiger partial charge in [0.05, 0.1) is 23.2 Å². The molecule has 5 rings (SSSR count). The van der Waals surface area contributed by atoms with Gasteiger partial charge in [-0.3, -0.25) is 19.5 Å². The normalized spacial score (nSPS) is 12.0. The van der Waals surface area contributed by atoms with E-state index >= 15 is 8.78 Å². The van der Waals surface area contributed by atoms with Gasteiger partial charge < -0.3 is 10.1 Å². The summed E-state index contributed by atoms with van der Waals surface area (Å²) in [7, 11) is -3.23. The Balaban J connectivity index is 1.35. The lowest BCUT2D eigenvalue weighted by atomic mass is 10.0. The SMILES string of the molecule is COC(=O)[C@H](Cc1ccc(Br)c2nccnc12)NC(=O)c1c(F)cc(NS(=O)(=O)c2ccc(-c3ccnc(F)c3)cc2)cc1F. The van der Waals surface area contributed by atoms with E-state index < -0.39 is 56.8 Å². The Morgan fingerprint density at radius 3 is 2.18 bits per heavy atom. The number of nitrogens with one attached hydrogen (secondary N) is 2. The first-order valence-corrected chi connectivity index (χ1v) is 15.2. The zero-order valence-corrected chi connectivity index (χ0v) is 25.5. The molecule has 2 aromatic heterocycles. The zero-order valence-electron chi connectivity index (χ0n) is 23.1. The van der Waals surface area contributed by atoms with Crippen LogP contribution in [-0.4, -0.2) is 48.4 Å². The molecule has 0 unspecified atom stereocenters. The third kappa shape index (κ3) is 6.94. The molecular formula is C30H21BrF3N5O5S. The predicted octanol–water partition coefficient (Wildman–Crippen LogP) is 5.19. The lowest BCUT2D eigenvalue weighted by molar-refractivity contribution is -0.142. The van der Waals surface area contributed by atoms with Crippen molar-refractivity contribution in [3.05, 3.63) is 112 Å². The Hall–Kier alpha value is -4.89. The summed E-state index contributed by atoms with van der Waals surface area (Å²) in [5.41, 5.74) is 0.876. The molecule has 0 saturated carbocycles. The maximum absolute atomic E-state index is 15.1. The number of sulfonamides is 1. The number of fused-ring (bicyclic) bond motifs is 1. The van der Waals surface area contributed by atoms with Gasteiger partial charge in [-0.1, -0.05) is 18.2 Å². The number of pyridine rings is 1. The molecule has 0 aliphatic carbocycles. The fourth-order valence-corrected chi connectivity index (χ4v) is 5.96. The highest BCUT2D eigenvalue weighted by molar-refractivity contribution is 9.10. The van der Waals surface area contributed by atoms with E-state index in [0.717, 1.165) is 7.11 Å². The number of amides is 1. The van der Waals surface area contributed by atoms with Crippen LogP contribution in [0.5, 0.6) is 0 Å². The number of esters is 1. The number of halogens is 4. The van der Waals surface area contributed by atoms with Crippen molar-refractivity contribution in [2.75, 3.05) is 11.8 Å². The maximum atomic E-state index is 15.1. The number of aromatic nitrogens is 3. The maximum Gasteiger partial charge on any atom is 0.328 e. The first-order valence-electron chi connectivity index (χ1n) is 13.0. The number of rotatable bonds is 9. The highest BCUT2D eigenvalue weighted by Crippen LogP contribution is 2.27. The van der Waals surface area contributed by atoms with Crippen molar-refractivity contribution in [2.45, 2.75) is 17.4 Å². The highest BCUT2D eigenvalue weighted by atomic mass is 79.9. The quantitative estimate of drug-likeness (QED) is 0.158. The van der Waals surface area contributed by atoms with Crippen LogP contribution in [0, 0.1) is 17.6 Å². The molecule has 5 aromatic rings. The fraction of sp³-hybridized carbons (Fsp3) is 0.100. The Morgan fingerprint density at radius 2 is 1.53 bits per heavy atom. The van der Waals surface area contributed by atoms with Crippen LogP contribution in [0.4, 0.5) is 18.9 Å². The van der Waals surface area contributed by atoms with Gasteiger partial charge in [-0.2, -0.15) is 4.39 Å². The summed E-state index contributed by atoms with van der Waals surface area (Å²) < 4.78 is 77.0. The van der Waals surface area contributed by atoms with Crippen LogP contribution in [-0.2, 0) is 26.0 Å². The van der Waals surface area contributed by atoms with E-state index in [0.29, 0.717) is 44.3 Å². The molecule has 0 saturated heterocycles. The van der Waals surface area contributed by atoms with E-state index in [-0.39, 0.29) is 11.3 Å². The van der Waals surface area contributed by atoms with Gasteiger partial charge in [0.25, 0.3) is 15.9 Å². The molecule has 0 aliphatic heterocycles. The van der Waals surface area contributed by atoms with Crippen LogP contribution in [0.3, 0.4) is 0 Å². The molecule has 230 valence electrons. The lowest BCUT2D eigenvalue weighted by Gasteiger charge is -2.18. The van der Waals surface area contributed by atoms with E-state index in [2.05, 4.69) is 40.9 Å². The summed E-state index contributed by atoms with van der Waals surface area (Å²) in [4.78, 5) is 37.3. The molecule has 45 heavy (non-hydrogen) atoms. The largest absolute Gasteiger partial charge is 0.467 e. The van der Waals surface area contributed by atoms with Gasteiger partial charge in [0.2, 0.25) is 5.95 Å². The summed E-state index contributed by atoms with van der Waals surface area (Å²) in [5.74, 6) is -5.63. The van der Waals surface area contributed by atoms with Crippen molar-refractivity contribution >= 4 is 54.6 Å². The number of hydrogen-bond donors (Lipinski definition) is 2. The van der Waals surface area contributed by atoms with Crippen LogP contribution < -0.4 is 10.0 Å². The Bertz CT molecular complexity index is 2030. The highest BCUT2D eigenvalue weighted by Gasteiger charge is 2.28. The number of ether oxygens (including phenoxy) is 1. The smallest absolute Gasteiger partial charge is 0.328 e. The Labute approximate surface area is 262 Å². The van der Waals surface area contributed by atoms with E-state index in [4.69, 9.17) is 4.74 Å². The molecule has 10 nitrogen and oxygen atoms in total. The minimum atomic E-state index is -4.32. The van der Waals surface area contributed by atoms with Crippen molar-refractivity contribution < 1.29 is 35.9 Å².